The molecule has 0 saturated heterocycles. The standard InChI is InChI=1S/C15H15NO/c1-9-7-11-10-5-4-6-13(17)14(10)16-12(11)8-15(9,2)3/h4,6-8H,5H2,1-3H3/p+1. The summed E-state index contributed by atoms with van der Waals surface area (Å²) >= 11 is 0. The molecule has 0 atom stereocenters. The van der Waals surface area contributed by atoms with Crippen molar-refractivity contribution in [3.05, 3.63) is 46.7 Å². The summed E-state index contributed by atoms with van der Waals surface area (Å²) in [5.41, 5.74) is 5.64. The van der Waals surface area contributed by atoms with Crippen LogP contribution in [0.25, 0.3) is 0 Å². The number of hydrogen-bond donors (Lipinski definition) is 1. The van der Waals surface area contributed by atoms with Gasteiger partial charge in [0.05, 0.1) is 5.57 Å². The van der Waals surface area contributed by atoms with Crippen LogP contribution in [0.5, 0.6) is 0 Å². The molecule has 1 N–H and O–H groups in total. The van der Waals surface area contributed by atoms with Gasteiger partial charge >= 0.3 is 0 Å². The molecule has 2 heteroatoms. The number of fused-ring (bicyclic) bond motifs is 2. The lowest BCUT2D eigenvalue weighted by molar-refractivity contribution is -0.387. The third kappa shape index (κ3) is 1.40. The second-order valence-electron chi connectivity index (χ2n) is 5.47. The minimum Gasteiger partial charge on any atom is -0.282 e. The van der Waals surface area contributed by atoms with E-state index >= 15 is 0 Å². The molecule has 86 valence electrons. The van der Waals surface area contributed by atoms with Crippen molar-refractivity contribution in [1.82, 2.24) is 0 Å². The Hall–Kier alpha value is -1.70. The van der Waals surface area contributed by atoms with E-state index in [4.69, 9.17) is 0 Å². The van der Waals surface area contributed by atoms with Crippen molar-refractivity contribution in [3.63, 3.8) is 0 Å². The fraction of sp³-hybridized carbons (Fsp3) is 0.333. The molecule has 0 aromatic heterocycles. The van der Waals surface area contributed by atoms with Gasteiger partial charge in [-0.2, -0.15) is 0 Å². The summed E-state index contributed by atoms with van der Waals surface area (Å²) in [4.78, 5) is 15.1. The molecule has 0 amide bonds. The molecule has 1 aliphatic heterocycles. The zero-order valence-corrected chi connectivity index (χ0v) is 10.4. The zero-order chi connectivity index (χ0) is 12.2. The Bertz CT molecular complexity index is 580. The lowest BCUT2D eigenvalue weighted by atomic mass is 9.78. The smallest absolute Gasteiger partial charge is 0.256 e. The van der Waals surface area contributed by atoms with Gasteiger partial charge < -0.3 is 0 Å². The summed E-state index contributed by atoms with van der Waals surface area (Å²) in [7, 11) is 0. The normalized spacial score (nSPS) is 25.1. The Morgan fingerprint density at radius 2 is 2.12 bits per heavy atom. The van der Waals surface area contributed by atoms with Crippen molar-refractivity contribution >= 4 is 11.5 Å². The van der Waals surface area contributed by atoms with Gasteiger partial charge in [0.15, 0.2) is 0 Å². The molecule has 2 aliphatic carbocycles. The number of rotatable bonds is 0. The lowest BCUT2D eigenvalue weighted by Gasteiger charge is -2.24. The molecule has 2 nitrogen and oxygen atoms in total. The zero-order valence-electron chi connectivity index (χ0n) is 10.4. The highest BCUT2D eigenvalue weighted by atomic mass is 16.1. The Morgan fingerprint density at radius 1 is 1.35 bits per heavy atom. The topological polar surface area (TPSA) is 31.0 Å². The van der Waals surface area contributed by atoms with Crippen LogP contribution in [-0.2, 0) is 4.79 Å². The quantitative estimate of drug-likeness (QED) is 0.661. The highest BCUT2D eigenvalue weighted by Crippen LogP contribution is 2.37. The van der Waals surface area contributed by atoms with Crippen LogP contribution in [0.1, 0.15) is 27.2 Å². The van der Waals surface area contributed by atoms with E-state index in [1.165, 1.54) is 11.1 Å². The van der Waals surface area contributed by atoms with Crippen molar-refractivity contribution in [2.45, 2.75) is 27.2 Å². The van der Waals surface area contributed by atoms with E-state index in [9.17, 15) is 4.79 Å². The molecule has 1 heterocycles. The van der Waals surface area contributed by atoms with Crippen LogP contribution in [0.2, 0.25) is 0 Å². The molecule has 0 aromatic carbocycles. The van der Waals surface area contributed by atoms with E-state index in [-0.39, 0.29) is 11.2 Å². The minimum atomic E-state index is 0.0664. The maximum absolute atomic E-state index is 11.8. The van der Waals surface area contributed by atoms with Crippen LogP contribution in [0.3, 0.4) is 0 Å². The second-order valence-corrected chi connectivity index (χ2v) is 5.47. The molecule has 17 heavy (non-hydrogen) atoms. The highest BCUT2D eigenvalue weighted by molar-refractivity contribution is 6.49. The van der Waals surface area contributed by atoms with Gasteiger partial charge in [0.1, 0.15) is 0 Å². The summed E-state index contributed by atoms with van der Waals surface area (Å²) in [6.07, 6.45) is 8.90. The molecule has 0 unspecified atom stereocenters. The van der Waals surface area contributed by atoms with Crippen molar-refractivity contribution in [3.8, 4) is 0 Å². The predicted octanol–water partition coefficient (Wildman–Crippen LogP) is 1.22. The van der Waals surface area contributed by atoms with Crippen molar-refractivity contribution in [2.24, 2.45) is 5.41 Å². The van der Waals surface area contributed by atoms with Crippen LogP contribution in [0, 0.1) is 5.41 Å². The summed E-state index contributed by atoms with van der Waals surface area (Å²) in [5, 5.41) is 0. The minimum absolute atomic E-state index is 0.0664. The third-order valence-corrected chi connectivity index (χ3v) is 3.90. The molecule has 0 spiro atoms. The molecule has 3 aliphatic rings. The molecular formula is C15H16NO+. The first-order valence-electron chi connectivity index (χ1n) is 5.99. The Labute approximate surface area is 101 Å². The van der Waals surface area contributed by atoms with Crippen LogP contribution < -0.4 is 4.99 Å². The van der Waals surface area contributed by atoms with Gasteiger partial charge in [-0.3, -0.25) is 4.79 Å². The van der Waals surface area contributed by atoms with Crippen LogP contribution in [0.15, 0.2) is 46.7 Å². The van der Waals surface area contributed by atoms with Gasteiger partial charge in [-0.1, -0.05) is 25.5 Å². The molecule has 0 bridgehead atoms. The molecular weight excluding hydrogens is 210 g/mol. The first-order valence-corrected chi connectivity index (χ1v) is 5.99. The van der Waals surface area contributed by atoms with Gasteiger partial charge in [0.2, 0.25) is 11.5 Å². The number of nitrogens with one attached hydrogen (secondary N) is 1. The molecule has 0 saturated carbocycles. The average Bonchev–Trinajstić information content (AvgIpc) is 2.58. The Balaban J connectivity index is 2.21. The number of ketones is 1. The summed E-state index contributed by atoms with van der Waals surface area (Å²) in [5.74, 6) is 0.0953. The van der Waals surface area contributed by atoms with E-state index in [1.807, 2.05) is 6.08 Å². The number of carbonyl (C=O) groups is 1. The van der Waals surface area contributed by atoms with E-state index in [0.29, 0.717) is 0 Å². The Morgan fingerprint density at radius 3 is 2.88 bits per heavy atom. The average molecular weight is 226 g/mol. The summed E-state index contributed by atoms with van der Waals surface area (Å²) < 4.78 is 0. The first kappa shape index (κ1) is 10.5. The van der Waals surface area contributed by atoms with Gasteiger partial charge in [0, 0.05) is 11.0 Å². The Kier molecular flexibility index (Phi) is 1.94. The number of hydrogen-bond acceptors (Lipinski definition) is 1. The predicted molar refractivity (Wildman–Crippen MR) is 67.4 cm³/mol. The maximum atomic E-state index is 11.8. The molecule has 0 fully saturated rings. The monoisotopic (exact) mass is 226 g/mol. The first-order chi connectivity index (χ1) is 7.99. The number of carbonyl (C=O) groups excluding carboxylic acids is 1. The van der Waals surface area contributed by atoms with Gasteiger partial charge in [0.25, 0.3) is 5.71 Å². The molecule has 0 radical (unpaired) electrons. The summed E-state index contributed by atoms with van der Waals surface area (Å²) in [6.45, 7) is 6.54. The van der Waals surface area contributed by atoms with Gasteiger partial charge in [-0.25, -0.2) is 4.99 Å². The van der Waals surface area contributed by atoms with Crippen LogP contribution in [0.4, 0.5) is 0 Å². The van der Waals surface area contributed by atoms with Gasteiger partial charge in [-0.15, -0.1) is 0 Å². The van der Waals surface area contributed by atoms with E-state index in [0.717, 1.165) is 23.4 Å². The van der Waals surface area contributed by atoms with E-state index in [2.05, 4.69) is 37.9 Å². The molecule has 0 aromatic rings. The fourth-order valence-corrected chi connectivity index (χ4v) is 2.52. The number of allylic oxidation sites excluding steroid dienone is 6. The van der Waals surface area contributed by atoms with Crippen molar-refractivity contribution in [1.29, 1.82) is 0 Å². The molecule has 3 rings (SSSR count). The highest BCUT2D eigenvalue weighted by Gasteiger charge is 2.38. The van der Waals surface area contributed by atoms with Crippen molar-refractivity contribution in [2.75, 3.05) is 0 Å². The van der Waals surface area contributed by atoms with E-state index < -0.39 is 0 Å². The summed E-state index contributed by atoms with van der Waals surface area (Å²) in [6, 6.07) is 0. The van der Waals surface area contributed by atoms with E-state index in [1.54, 1.807) is 6.08 Å². The second kappa shape index (κ2) is 3.16. The maximum Gasteiger partial charge on any atom is 0.256 e. The lowest BCUT2D eigenvalue weighted by Crippen LogP contribution is -2.70. The SMILES string of the molecule is CC1=CC2=C3CC=CC(=O)C3=[NH+]C2=CC1(C)C. The largest absolute Gasteiger partial charge is 0.282 e. The van der Waals surface area contributed by atoms with Crippen molar-refractivity contribution < 1.29 is 9.79 Å². The third-order valence-electron chi connectivity index (χ3n) is 3.90. The van der Waals surface area contributed by atoms with Gasteiger partial charge in [-0.05, 0) is 31.6 Å². The van der Waals surface area contributed by atoms with Crippen LogP contribution >= 0.6 is 0 Å². The van der Waals surface area contributed by atoms with Crippen LogP contribution in [-0.4, -0.2) is 11.5 Å². The fourth-order valence-electron chi connectivity index (χ4n) is 2.52.